The molecule has 0 aliphatic rings. The third kappa shape index (κ3) is 4.01. The van der Waals surface area contributed by atoms with Gasteiger partial charge in [0.05, 0.1) is 0 Å². The van der Waals surface area contributed by atoms with Gasteiger partial charge in [-0.2, -0.15) is 0 Å². The van der Waals surface area contributed by atoms with E-state index in [0.29, 0.717) is 12.2 Å². The Kier molecular flexibility index (Phi) is 4.43. The third-order valence-electron chi connectivity index (χ3n) is 3.32. The summed E-state index contributed by atoms with van der Waals surface area (Å²) in [6.45, 7) is 0.524. The number of rotatable bonds is 5. The molecule has 0 spiro atoms. The first-order valence-electron chi connectivity index (χ1n) is 7.25. The highest BCUT2D eigenvalue weighted by atomic mass is 19.1. The van der Waals surface area contributed by atoms with Crippen molar-refractivity contribution in [2.45, 2.75) is 6.54 Å². The molecule has 3 rings (SSSR count). The maximum Gasteiger partial charge on any atom is 0.166 e. The van der Waals surface area contributed by atoms with E-state index >= 15 is 0 Å². The van der Waals surface area contributed by atoms with Gasteiger partial charge < -0.3 is 15.2 Å². The molecule has 0 aliphatic heterocycles. The first kappa shape index (κ1) is 14.9. The topological polar surface area (TPSA) is 41.5 Å². The van der Waals surface area contributed by atoms with E-state index in [4.69, 9.17) is 4.74 Å². The van der Waals surface area contributed by atoms with Crippen molar-refractivity contribution in [1.29, 1.82) is 0 Å². The Morgan fingerprint density at radius 1 is 0.870 bits per heavy atom. The van der Waals surface area contributed by atoms with Gasteiger partial charge in [0.1, 0.15) is 11.5 Å². The van der Waals surface area contributed by atoms with E-state index < -0.39 is 5.82 Å². The fourth-order valence-electron chi connectivity index (χ4n) is 2.16. The molecule has 0 unspecified atom stereocenters. The van der Waals surface area contributed by atoms with Crippen LogP contribution in [0.25, 0.3) is 0 Å². The number of aromatic hydroxyl groups is 1. The smallest absolute Gasteiger partial charge is 0.166 e. The number of nitrogens with one attached hydrogen (secondary N) is 1. The van der Waals surface area contributed by atoms with Crippen LogP contribution in [0.5, 0.6) is 17.2 Å². The number of hydrogen-bond acceptors (Lipinski definition) is 3. The van der Waals surface area contributed by atoms with Gasteiger partial charge >= 0.3 is 0 Å². The van der Waals surface area contributed by atoms with Gasteiger partial charge in [0.25, 0.3) is 0 Å². The van der Waals surface area contributed by atoms with Gasteiger partial charge in [-0.1, -0.05) is 30.3 Å². The fraction of sp³-hybridized carbons (Fsp3) is 0.0526. The van der Waals surface area contributed by atoms with Gasteiger partial charge in [0.15, 0.2) is 11.6 Å². The molecule has 0 radical (unpaired) electrons. The standard InChI is InChI=1S/C19H16FNO2/c20-18-12-15(9-10-19(18)22)21-13-14-5-4-8-17(11-14)23-16-6-2-1-3-7-16/h1-12,21-22H,13H2. The molecular formula is C19H16FNO2. The minimum absolute atomic E-state index is 0.353. The Hall–Kier alpha value is -3.01. The highest BCUT2D eigenvalue weighted by molar-refractivity contribution is 5.47. The lowest BCUT2D eigenvalue weighted by atomic mass is 10.2. The van der Waals surface area contributed by atoms with Crippen molar-refractivity contribution >= 4 is 5.69 Å². The molecule has 0 aliphatic carbocycles. The quantitative estimate of drug-likeness (QED) is 0.656. The molecule has 0 bridgehead atoms. The Morgan fingerprint density at radius 2 is 1.65 bits per heavy atom. The number of halogens is 1. The summed E-state index contributed by atoms with van der Waals surface area (Å²) in [6, 6.07) is 21.5. The van der Waals surface area contributed by atoms with Crippen molar-refractivity contribution in [3.63, 3.8) is 0 Å². The number of para-hydroxylation sites is 1. The Labute approximate surface area is 134 Å². The van der Waals surface area contributed by atoms with E-state index in [0.717, 1.165) is 17.1 Å². The van der Waals surface area contributed by atoms with E-state index in [-0.39, 0.29) is 5.75 Å². The van der Waals surface area contributed by atoms with E-state index in [2.05, 4.69) is 5.32 Å². The number of ether oxygens (including phenoxy) is 1. The van der Waals surface area contributed by atoms with Crippen LogP contribution in [0.1, 0.15) is 5.56 Å². The van der Waals surface area contributed by atoms with Crippen molar-refractivity contribution in [1.82, 2.24) is 0 Å². The maximum absolute atomic E-state index is 13.3. The highest BCUT2D eigenvalue weighted by Crippen LogP contribution is 2.23. The molecule has 0 atom stereocenters. The summed E-state index contributed by atoms with van der Waals surface area (Å²) in [7, 11) is 0. The van der Waals surface area contributed by atoms with Crippen LogP contribution >= 0.6 is 0 Å². The van der Waals surface area contributed by atoms with Crippen molar-refractivity contribution in [2.75, 3.05) is 5.32 Å². The molecule has 0 heterocycles. The average molecular weight is 309 g/mol. The van der Waals surface area contributed by atoms with Crippen LogP contribution < -0.4 is 10.1 Å². The molecule has 0 fully saturated rings. The second kappa shape index (κ2) is 6.83. The van der Waals surface area contributed by atoms with Gasteiger partial charge in [0, 0.05) is 18.3 Å². The zero-order chi connectivity index (χ0) is 16.1. The summed E-state index contributed by atoms with van der Waals surface area (Å²) >= 11 is 0. The minimum atomic E-state index is -0.642. The zero-order valence-electron chi connectivity index (χ0n) is 12.4. The fourth-order valence-corrected chi connectivity index (χ4v) is 2.16. The Bertz CT molecular complexity index is 790. The normalized spacial score (nSPS) is 10.3. The summed E-state index contributed by atoms with van der Waals surface area (Å²) in [5, 5.41) is 12.3. The summed E-state index contributed by atoms with van der Waals surface area (Å²) in [4.78, 5) is 0. The van der Waals surface area contributed by atoms with Crippen LogP contribution in [0.15, 0.2) is 72.8 Å². The first-order valence-corrected chi connectivity index (χ1v) is 7.25. The lowest BCUT2D eigenvalue weighted by Gasteiger charge is -2.10. The van der Waals surface area contributed by atoms with Gasteiger partial charge in [-0.05, 0) is 42.0 Å². The lowest BCUT2D eigenvalue weighted by Crippen LogP contribution is -1.99. The average Bonchev–Trinajstić information content (AvgIpc) is 2.57. The van der Waals surface area contributed by atoms with Crippen molar-refractivity contribution < 1.29 is 14.2 Å². The van der Waals surface area contributed by atoms with Crippen molar-refractivity contribution in [2.24, 2.45) is 0 Å². The second-order valence-electron chi connectivity index (χ2n) is 5.08. The molecule has 0 amide bonds. The van der Waals surface area contributed by atoms with E-state index in [1.807, 2.05) is 54.6 Å². The summed E-state index contributed by atoms with van der Waals surface area (Å²) < 4.78 is 19.1. The van der Waals surface area contributed by atoms with Gasteiger partial charge in [-0.3, -0.25) is 0 Å². The minimum Gasteiger partial charge on any atom is -0.505 e. The van der Waals surface area contributed by atoms with Crippen molar-refractivity contribution in [3.05, 3.63) is 84.2 Å². The van der Waals surface area contributed by atoms with Crippen LogP contribution in [0.2, 0.25) is 0 Å². The van der Waals surface area contributed by atoms with Crippen molar-refractivity contribution in [3.8, 4) is 17.2 Å². The van der Waals surface area contributed by atoms with Crippen LogP contribution in [-0.2, 0) is 6.54 Å². The van der Waals surface area contributed by atoms with Crippen LogP contribution in [0, 0.1) is 5.82 Å². The molecule has 3 aromatic rings. The molecule has 0 saturated heterocycles. The Balaban J connectivity index is 1.66. The molecule has 0 saturated carbocycles. The maximum atomic E-state index is 13.3. The number of phenols is 1. The predicted octanol–water partition coefficient (Wildman–Crippen LogP) is 4.94. The number of benzene rings is 3. The molecule has 0 aromatic heterocycles. The van der Waals surface area contributed by atoms with Gasteiger partial charge in [-0.15, -0.1) is 0 Å². The first-order chi connectivity index (χ1) is 11.2. The monoisotopic (exact) mass is 309 g/mol. The largest absolute Gasteiger partial charge is 0.505 e. The van der Waals surface area contributed by atoms with E-state index in [9.17, 15) is 9.50 Å². The zero-order valence-corrected chi connectivity index (χ0v) is 12.4. The summed E-state index contributed by atoms with van der Waals surface area (Å²) in [5.41, 5.74) is 1.61. The molecule has 4 heteroatoms. The SMILES string of the molecule is Oc1ccc(NCc2cccc(Oc3ccccc3)c2)cc1F. The van der Waals surface area contributed by atoms with Crippen LogP contribution in [0.4, 0.5) is 10.1 Å². The van der Waals surface area contributed by atoms with Gasteiger partial charge in [-0.25, -0.2) is 4.39 Å². The van der Waals surface area contributed by atoms with Crippen LogP contribution in [-0.4, -0.2) is 5.11 Å². The molecule has 116 valence electrons. The molecule has 3 aromatic carbocycles. The van der Waals surface area contributed by atoms with Crippen LogP contribution in [0.3, 0.4) is 0 Å². The lowest BCUT2D eigenvalue weighted by molar-refractivity contribution is 0.432. The summed E-state index contributed by atoms with van der Waals surface area (Å²) in [5.74, 6) is 0.524. The molecule has 3 nitrogen and oxygen atoms in total. The molecule has 23 heavy (non-hydrogen) atoms. The Morgan fingerprint density at radius 3 is 2.43 bits per heavy atom. The van der Waals surface area contributed by atoms with E-state index in [1.54, 1.807) is 6.07 Å². The third-order valence-corrected chi connectivity index (χ3v) is 3.32. The predicted molar refractivity (Wildman–Crippen MR) is 88.3 cm³/mol. The number of hydrogen-bond donors (Lipinski definition) is 2. The molecule has 2 N–H and O–H groups in total. The summed E-state index contributed by atoms with van der Waals surface area (Å²) in [6.07, 6.45) is 0. The van der Waals surface area contributed by atoms with E-state index in [1.165, 1.54) is 12.1 Å². The second-order valence-corrected chi connectivity index (χ2v) is 5.08. The van der Waals surface area contributed by atoms with Gasteiger partial charge in [0.2, 0.25) is 0 Å². The highest BCUT2D eigenvalue weighted by Gasteiger charge is 2.02. The number of phenolic OH excluding ortho intramolecular Hbond substituents is 1. The molecular weight excluding hydrogens is 293 g/mol. The number of anilines is 1.